The van der Waals surface area contributed by atoms with E-state index in [1.807, 2.05) is 6.92 Å². The molecule has 1 atom stereocenters. The fourth-order valence-electron chi connectivity index (χ4n) is 1.81. The number of rotatable bonds is 7. The van der Waals surface area contributed by atoms with Crippen molar-refractivity contribution < 1.29 is 13.6 Å². The van der Waals surface area contributed by atoms with Gasteiger partial charge in [-0.3, -0.25) is 4.57 Å². The van der Waals surface area contributed by atoms with E-state index in [0.29, 0.717) is 13.2 Å². The van der Waals surface area contributed by atoms with Crippen molar-refractivity contribution in [3.05, 3.63) is 0 Å². The van der Waals surface area contributed by atoms with Crippen LogP contribution >= 0.6 is 7.60 Å². The van der Waals surface area contributed by atoms with Crippen molar-refractivity contribution in [1.29, 1.82) is 0 Å². The summed E-state index contributed by atoms with van der Waals surface area (Å²) in [6, 6.07) is 0. The van der Waals surface area contributed by atoms with Crippen molar-refractivity contribution in [2.75, 3.05) is 39.5 Å². The molecule has 16 heavy (non-hydrogen) atoms. The zero-order valence-corrected chi connectivity index (χ0v) is 11.4. The van der Waals surface area contributed by atoms with Crippen LogP contribution in [0, 0.1) is 0 Å². The molecule has 0 radical (unpaired) electrons. The summed E-state index contributed by atoms with van der Waals surface area (Å²) in [6.45, 7) is 7.73. The van der Waals surface area contributed by atoms with E-state index in [-0.39, 0.29) is 0 Å². The third kappa shape index (κ3) is 6.00. The van der Waals surface area contributed by atoms with Gasteiger partial charge in [-0.15, -0.1) is 0 Å². The molecule has 0 aromatic carbocycles. The van der Waals surface area contributed by atoms with Crippen LogP contribution in [0.3, 0.4) is 0 Å². The Morgan fingerprint density at radius 1 is 1.12 bits per heavy atom. The molecule has 0 N–H and O–H groups in total. The Morgan fingerprint density at radius 3 is 2.38 bits per heavy atom. The van der Waals surface area contributed by atoms with Crippen LogP contribution in [0.25, 0.3) is 0 Å². The molecule has 0 aliphatic carbocycles. The normalized spacial score (nSPS) is 21.9. The molecule has 0 unspecified atom stereocenters. The highest BCUT2D eigenvalue weighted by Gasteiger charge is 2.17. The van der Waals surface area contributed by atoms with Gasteiger partial charge in [0.05, 0.1) is 13.2 Å². The molecule has 0 spiro atoms. The quantitative estimate of drug-likeness (QED) is 0.650. The molecule has 0 saturated carbocycles. The van der Waals surface area contributed by atoms with E-state index >= 15 is 0 Å². The van der Waals surface area contributed by atoms with Gasteiger partial charge in [-0.2, -0.15) is 0 Å². The second-order valence-corrected chi connectivity index (χ2v) is 6.40. The van der Waals surface area contributed by atoms with E-state index in [2.05, 4.69) is 4.90 Å². The summed E-state index contributed by atoms with van der Waals surface area (Å²) in [7, 11) is -2.80. The van der Waals surface area contributed by atoms with Crippen molar-refractivity contribution in [3.63, 3.8) is 0 Å². The summed E-state index contributed by atoms with van der Waals surface area (Å²) in [5, 5.41) is 0. The topological polar surface area (TPSA) is 38.8 Å². The van der Waals surface area contributed by atoms with Gasteiger partial charge in [0.1, 0.15) is 0 Å². The van der Waals surface area contributed by atoms with Gasteiger partial charge < -0.3 is 13.9 Å². The highest BCUT2D eigenvalue weighted by Crippen LogP contribution is 2.43. The summed E-state index contributed by atoms with van der Waals surface area (Å²) in [5.41, 5.74) is 0. The lowest BCUT2D eigenvalue weighted by Gasteiger charge is -2.26. The molecule has 0 aromatic rings. The molecular formula is C11H24NO3P. The maximum absolute atomic E-state index is 11.8. The van der Waals surface area contributed by atoms with Crippen molar-refractivity contribution in [1.82, 2.24) is 4.90 Å². The first-order chi connectivity index (χ1) is 7.64. The first-order valence-electron chi connectivity index (χ1n) is 6.23. The minimum Gasteiger partial charge on any atom is -0.309 e. The lowest BCUT2D eigenvalue weighted by Crippen LogP contribution is -2.32. The first-order valence-corrected chi connectivity index (χ1v) is 8.22. The third-order valence-electron chi connectivity index (χ3n) is 2.71. The molecule has 1 fully saturated rings. The Labute approximate surface area is 98.8 Å². The second-order valence-electron chi connectivity index (χ2n) is 4.34. The first kappa shape index (κ1) is 14.2. The number of likely N-dealkylation sites (tertiary alicyclic amines) is 1. The second kappa shape index (κ2) is 7.44. The number of nitrogens with zero attached hydrogens (tertiary/aromatic N) is 1. The van der Waals surface area contributed by atoms with Crippen molar-refractivity contribution in [2.45, 2.75) is 32.6 Å². The molecule has 0 aromatic heterocycles. The van der Waals surface area contributed by atoms with E-state index in [1.165, 1.54) is 19.3 Å². The van der Waals surface area contributed by atoms with Crippen molar-refractivity contribution in [2.24, 2.45) is 0 Å². The molecule has 96 valence electrons. The van der Waals surface area contributed by atoms with Crippen LogP contribution in [0.2, 0.25) is 0 Å². The predicted octanol–water partition coefficient (Wildman–Crippen LogP) is 2.74. The molecule has 4 nitrogen and oxygen atoms in total. The van der Waals surface area contributed by atoms with Crippen molar-refractivity contribution >= 4 is 7.60 Å². The Bertz CT molecular complexity index is 229. The Kier molecular flexibility index (Phi) is 6.59. The van der Waals surface area contributed by atoms with E-state index in [1.54, 1.807) is 6.66 Å². The van der Waals surface area contributed by atoms with Crippen LogP contribution in [0.5, 0.6) is 0 Å². The molecule has 0 amide bonds. The average Bonchev–Trinajstić information content (AvgIpc) is 2.28. The smallest absolute Gasteiger partial charge is 0.309 e. The predicted molar refractivity (Wildman–Crippen MR) is 66.0 cm³/mol. The van der Waals surface area contributed by atoms with Gasteiger partial charge in [0.25, 0.3) is 0 Å². The minimum atomic E-state index is -2.80. The number of hydrogen-bond donors (Lipinski definition) is 0. The van der Waals surface area contributed by atoms with Crippen LogP contribution < -0.4 is 0 Å². The maximum Gasteiger partial charge on any atom is 0.327 e. The van der Waals surface area contributed by atoms with Crippen LogP contribution in [0.15, 0.2) is 0 Å². The molecule has 5 heteroatoms. The van der Waals surface area contributed by atoms with Crippen LogP contribution in [-0.4, -0.2) is 44.4 Å². The number of hydrogen-bond acceptors (Lipinski definition) is 4. The highest BCUT2D eigenvalue weighted by atomic mass is 31.2. The summed E-state index contributed by atoms with van der Waals surface area (Å²) < 4.78 is 22.3. The Morgan fingerprint density at radius 2 is 1.75 bits per heavy atom. The van der Waals surface area contributed by atoms with Crippen LogP contribution in [0.4, 0.5) is 0 Å². The number of piperidine rings is 1. The van der Waals surface area contributed by atoms with Gasteiger partial charge in [0.2, 0.25) is 0 Å². The fourth-order valence-corrected chi connectivity index (χ4v) is 2.82. The van der Waals surface area contributed by atoms with Gasteiger partial charge in [-0.1, -0.05) is 13.3 Å². The molecule has 1 aliphatic rings. The Balaban J connectivity index is 2.10. The van der Waals surface area contributed by atoms with Crippen molar-refractivity contribution in [3.8, 4) is 0 Å². The van der Waals surface area contributed by atoms with E-state index in [4.69, 9.17) is 9.05 Å². The fraction of sp³-hybridized carbons (Fsp3) is 1.00. The van der Waals surface area contributed by atoms with Gasteiger partial charge in [-0.25, -0.2) is 0 Å². The standard InChI is InChI=1S/C11H24NO3P/c1-3-10-14-16(2,13)15-11-9-12-7-5-4-6-8-12/h3-11H2,1-2H3/t16-/m1/s1. The zero-order chi connectivity index (χ0) is 11.9. The summed E-state index contributed by atoms with van der Waals surface area (Å²) in [5.74, 6) is 0. The summed E-state index contributed by atoms with van der Waals surface area (Å²) in [6.07, 6.45) is 4.75. The molecule has 1 heterocycles. The van der Waals surface area contributed by atoms with Crippen LogP contribution in [0.1, 0.15) is 32.6 Å². The van der Waals surface area contributed by atoms with E-state index < -0.39 is 7.60 Å². The van der Waals surface area contributed by atoms with Gasteiger partial charge in [0, 0.05) is 13.2 Å². The molecule has 1 aliphatic heterocycles. The average molecular weight is 249 g/mol. The SMILES string of the molecule is CCCO[P@@](C)(=O)OCCN1CCCCC1. The zero-order valence-electron chi connectivity index (χ0n) is 10.5. The Hall–Kier alpha value is 0.110. The summed E-state index contributed by atoms with van der Waals surface area (Å²) in [4.78, 5) is 2.36. The summed E-state index contributed by atoms with van der Waals surface area (Å²) >= 11 is 0. The molecule has 1 saturated heterocycles. The monoisotopic (exact) mass is 249 g/mol. The van der Waals surface area contributed by atoms with Gasteiger partial charge in [0.15, 0.2) is 0 Å². The molecule has 0 bridgehead atoms. The minimum absolute atomic E-state index is 0.511. The molecule has 1 rings (SSSR count). The largest absolute Gasteiger partial charge is 0.327 e. The lowest BCUT2D eigenvalue weighted by molar-refractivity contribution is 0.159. The highest BCUT2D eigenvalue weighted by molar-refractivity contribution is 7.52. The van der Waals surface area contributed by atoms with Gasteiger partial charge >= 0.3 is 7.60 Å². The molecular weight excluding hydrogens is 225 g/mol. The van der Waals surface area contributed by atoms with E-state index in [9.17, 15) is 4.57 Å². The third-order valence-corrected chi connectivity index (χ3v) is 4.02. The van der Waals surface area contributed by atoms with E-state index in [0.717, 1.165) is 26.1 Å². The maximum atomic E-state index is 11.8. The lowest BCUT2D eigenvalue weighted by atomic mass is 10.1. The van der Waals surface area contributed by atoms with Crippen LogP contribution in [-0.2, 0) is 13.6 Å². The van der Waals surface area contributed by atoms with Gasteiger partial charge in [-0.05, 0) is 32.4 Å².